The van der Waals surface area contributed by atoms with E-state index < -0.39 is 0 Å². The predicted molar refractivity (Wildman–Crippen MR) is 111 cm³/mol. The van der Waals surface area contributed by atoms with Crippen LogP contribution in [0.1, 0.15) is 33.0 Å². The molecule has 146 valence electrons. The van der Waals surface area contributed by atoms with Gasteiger partial charge in [-0.1, -0.05) is 36.4 Å². The molecule has 2 aromatic carbocycles. The molecule has 0 aliphatic carbocycles. The number of hydrogen-bond acceptors (Lipinski definition) is 4. The van der Waals surface area contributed by atoms with Crippen molar-refractivity contribution in [1.29, 1.82) is 0 Å². The third kappa shape index (κ3) is 3.99. The van der Waals surface area contributed by atoms with E-state index in [1.165, 1.54) is 6.07 Å². The highest BCUT2D eigenvalue weighted by molar-refractivity contribution is 5.93. The lowest BCUT2D eigenvalue weighted by Gasteiger charge is -2.21. The Bertz CT molecular complexity index is 1210. The number of furan rings is 1. The van der Waals surface area contributed by atoms with Gasteiger partial charge in [-0.3, -0.25) is 9.59 Å². The van der Waals surface area contributed by atoms with Crippen molar-refractivity contribution in [2.45, 2.75) is 26.9 Å². The third-order valence-corrected chi connectivity index (χ3v) is 4.81. The van der Waals surface area contributed by atoms with E-state index in [4.69, 9.17) is 8.83 Å². The Morgan fingerprint density at radius 1 is 0.966 bits per heavy atom. The molecule has 2 aromatic heterocycles. The molecule has 0 spiro atoms. The van der Waals surface area contributed by atoms with E-state index in [1.54, 1.807) is 23.3 Å². The second kappa shape index (κ2) is 7.80. The molecule has 4 aromatic rings. The van der Waals surface area contributed by atoms with Crippen molar-refractivity contribution < 1.29 is 13.6 Å². The zero-order chi connectivity index (χ0) is 20.4. The third-order valence-electron chi connectivity index (χ3n) is 4.81. The van der Waals surface area contributed by atoms with Crippen LogP contribution in [0.5, 0.6) is 0 Å². The summed E-state index contributed by atoms with van der Waals surface area (Å²) in [7, 11) is 0. The van der Waals surface area contributed by atoms with Crippen molar-refractivity contribution in [3.05, 3.63) is 105 Å². The van der Waals surface area contributed by atoms with Gasteiger partial charge in [0.05, 0.1) is 18.2 Å². The molecule has 0 unspecified atom stereocenters. The highest BCUT2D eigenvalue weighted by Gasteiger charge is 2.22. The first kappa shape index (κ1) is 18.7. The van der Waals surface area contributed by atoms with Crippen molar-refractivity contribution in [2.75, 3.05) is 0 Å². The van der Waals surface area contributed by atoms with Crippen LogP contribution in [-0.2, 0) is 13.1 Å². The fourth-order valence-electron chi connectivity index (χ4n) is 3.52. The molecule has 0 fully saturated rings. The number of hydrogen-bond donors (Lipinski definition) is 0. The van der Waals surface area contributed by atoms with Gasteiger partial charge in [-0.25, -0.2) is 0 Å². The van der Waals surface area contributed by atoms with Crippen molar-refractivity contribution >= 4 is 16.9 Å². The van der Waals surface area contributed by atoms with E-state index in [2.05, 4.69) is 0 Å². The topological polar surface area (TPSA) is 63.7 Å². The van der Waals surface area contributed by atoms with Crippen LogP contribution in [0.25, 0.3) is 11.0 Å². The summed E-state index contributed by atoms with van der Waals surface area (Å²) >= 11 is 0. The summed E-state index contributed by atoms with van der Waals surface area (Å²) in [5.74, 6) is 0.322. The lowest BCUT2D eigenvalue weighted by Crippen LogP contribution is -2.30. The van der Waals surface area contributed by atoms with Gasteiger partial charge in [0.25, 0.3) is 5.91 Å². The first-order chi connectivity index (χ1) is 14.0. The van der Waals surface area contributed by atoms with Gasteiger partial charge in [0, 0.05) is 12.6 Å². The number of fused-ring (bicyclic) bond motifs is 1. The molecule has 0 N–H and O–H groups in total. The Morgan fingerprint density at radius 3 is 2.48 bits per heavy atom. The van der Waals surface area contributed by atoms with Gasteiger partial charge in [0.15, 0.2) is 11.2 Å². The average Bonchev–Trinajstić information content (AvgIpc) is 3.20. The molecule has 0 aliphatic heterocycles. The highest BCUT2D eigenvalue weighted by atomic mass is 16.3. The van der Waals surface area contributed by atoms with Crippen molar-refractivity contribution in [3.63, 3.8) is 0 Å². The van der Waals surface area contributed by atoms with E-state index in [-0.39, 0.29) is 23.6 Å². The molecule has 0 atom stereocenters. The number of benzene rings is 2. The maximum atomic E-state index is 13.3. The molecule has 0 aliphatic rings. The summed E-state index contributed by atoms with van der Waals surface area (Å²) in [5, 5.41) is 0.507. The zero-order valence-corrected chi connectivity index (χ0v) is 16.3. The van der Waals surface area contributed by atoms with Crippen LogP contribution >= 0.6 is 0 Å². The normalized spacial score (nSPS) is 11.0. The number of nitrogens with zero attached hydrogens (tertiary/aromatic N) is 1. The van der Waals surface area contributed by atoms with Crippen LogP contribution < -0.4 is 5.43 Å². The molecule has 0 saturated carbocycles. The second-order valence-electron chi connectivity index (χ2n) is 7.16. The molecular weight excluding hydrogens is 366 g/mol. The summed E-state index contributed by atoms with van der Waals surface area (Å²) in [6, 6.07) is 18.3. The van der Waals surface area contributed by atoms with Crippen LogP contribution in [0.4, 0.5) is 0 Å². The largest absolute Gasteiger partial charge is 0.467 e. The first-order valence-electron chi connectivity index (χ1n) is 9.42. The minimum absolute atomic E-state index is 0.0231. The molecular formula is C24H21NO4. The van der Waals surface area contributed by atoms with E-state index in [1.807, 2.05) is 56.3 Å². The molecule has 29 heavy (non-hydrogen) atoms. The van der Waals surface area contributed by atoms with Gasteiger partial charge in [-0.2, -0.15) is 0 Å². The smallest absolute Gasteiger partial charge is 0.290 e. The van der Waals surface area contributed by atoms with Gasteiger partial charge in [0.2, 0.25) is 0 Å². The van der Waals surface area contributed by atoms with Crippen LogP contribution in [0.2, 0.25) is 0 Å². The molecule has 2 heterocycles. The maximum Gasteiger partial charge on any atom is 0.290 e. The minimum atomic E-state index is -0.358. The Labute approximate surface area is 168 Å². The molecule has 5 nitrogen and oxygen atoms in total. The van der Waals surface area contributed by atoms with E-state index in [0.29, 0.717) is 23.3 Å². The lowest BCUT2D eigenvalue weighted by molar-refractivity contribution is 0.0686. The van der Waals surface area contributed by atoms with Crippen molar-refractivity contribution in [2.24, 2.45) is 0 Å². The fraction of sp³-hybridized carbons (Fsp3) is 0.167. The summed E-state index contributed by atoms with van der Waals surface area (Å²) in [6.07, 6.45) is 1.57. The summed E-state index contributed by atoms with van der Waals surface area (Å²) in [5.41, 5.74) is 2.99. The Morgan fingerprint density at radius 2 is 1.76 bits per heavy atom. The zero-order valence-electron chi connectivity index (χ0n) is 16.3. The van der Waals surface area contributed by atoms with Crippen LogP contribution in [0, 0.1) is 13.8 Å². The van der Waals surface area contributed by atoms with Gasteiger partial charge < -0.3 is 13.7 Å². The molecule has 4 rings (SSSR count). The molecule has 5 heteroatoms. The molecule has 1 amide bonds. The summed E-state index contributed by atoms with van der Waals surface area (Å²) in [6.45, 7) is 4.44. The van der Waals surface area contributed by atoms with Gasteiger partial charge in [-0.15, -0.1) is 0 Å². The quantitative estimate of drug-likeness (QED) is 0.491. The van der Waals surface area contributed by atoms with Gasteiger partial charge >= 0.3 is 0 Å². The minimum Gasteiger partial charge on any atom is -0.467 e. The van der Waals surface area contributed by atoms with E-state index in [9.17, 15) is 9.59 Å². The van der Waals surface area contributed by atoms with Crippen LogP contribution in [0.3, 0.4) is 0 Å². The van der Waals surface area contributed by atoms with Crippen molar-refractivity contribution in [3.8, 4) is 0 Å². The van der Waals surface area contributed by atoms with E-state index >= 15 is 0 Å². The molecule has 0 bridgehead atoms. The maximum absolute atomic E-state index is 13.3. The van der Waals surface area contributed by atoms with Crippen LogP contribution in [-0.4, -0.2) is 10.8 Å². The average molecular weight is 387 g/mol. The summed E-state index contributed by atoms with van der Waals surface area (Å²) < 4.78 is 11.3. The lowest BCUT2D eigenvalue weighted by atomic mass is 10.1. The van der Waals surface area contributed by atoms with Crippen molar-refractivity contribution in [1.82, 2.24) is 4.90 Å². The standard InChI is InChI=1S/C24H21NO4/c1-16-11-17(2)23-20(26)13-22(29-21(23)12-16)24(27)25(15-19-9-6-10-28-19)14-18-7-4-3-5-8-18/h3-13H,14-15H2,1-2H3. The van der Waals surface area contributed by atoms with Crippen LogP contribution in [0.15, 0.2) is 80.6 Å². The van der Waals surface area contributed by atoms with E-state index in [0.717, 1.165) is 16.7 Å². The molecule has 0 saturated heterocycles. The Kier molecular flexibility index (Phi) is 5.04. The summed E-state index contributed by atoms with van der Waals surface area (Å²) in [4.78, 5) is 27.6. The monoisotopic (exact) mass is 387 g/mol. The Hall–Kier alpha value is -3.60. The van der Waals surface area contributed by atoms with Gasteiger partial charge in [-0.05, 0) is 48.7 Å². The fourth-order valence-corrected chi connectivity index (χ4v) is 3.52. The predicted octanol–water partition coefficient (Wildman–Crippen LogP) is 4.85. The SMILES string of the molecule is Cc1cc(C)c2c(=O)cc(C(=O)N(Cc3ccccc3)Cc3ccco3)oc2c1. The second-order valence-corrected chi connectivity index (χ2v) is 7.16. The number of aryl methyl sites for hydroxylation is 2. The van der Waals surface area contributed by atoms with Gasteiger partial charge in [0.1, 0.15) is 11.3 Å². The first-order valence-corrected chi connectivity index (χ1v) is 9.42. The Balaban J connectivity index is 1.74. The number of amides is 1. The number of rotatable bonds is 5. The molecule has 0 radical (unpaired) electrons. The highest BCUT2D eigenvalue weighted by Crippen LogP contribution is 2.21. The number of carbonyl (C=O) groups is 1. The number of carbonyl (C=O) groups excluding carboxylic acids is 1.